The van der Waals surface area contributed by atoms with Crippen molar-refractivity contribution < 1.29 is 4.39 Å². The smallest absolute Gasteiger partial charge is 0.334 e. The normalized spacial score (nSPS) is 16.2. The predicted molar refractivity (Wildman–Crippen MR) is 95.1 cm³/mol. The van der Waals surface area contributed by atoms with E-state index >= 15 is 4.39 Å². The van der Waals surface area contributed by atoms with Gasteiger partial charge in [-0.3, -0.25) is 9.78 Å². The van der Waals surface area contributed by atoms with Crippen LogP contribution in [0, 0.1) is 5.82 Å². The number of aromatic amines is 1. The van der Waals surface area contributed by atoms with Crippen molar-refractivity contribution in [3.05, 3.63) is 44.9 Å². The number of aromatic nitrogens is 3. The number of hydrogen-bond acceptors (Lipinski definition) is 4. The van der Waals surface area contributed by atoms with Gasteiger partial charge in [-0.1, -0.05) is 0 Å². The van der Waals surface area contributed by atoms with Crippen LogP contribution < -0.4 is 16.1 Å². The molecule has 2 aromatic heterocycles. The number of halogens is 1. The number of likely N-dealkylation sites (N-methyl/N-ethyl adjacent to an activating group) is 1. The van der Waals surface area contributed by atoms with E-state index < -0.39 is 11.2 Å². The van der Waals surface area contributed by atoms with Crippen molar-refractivity contribution in [2.75, 3.05) is 38.1 Å². The summed E-state index contributed by atoms with van der Waals surface area (Å²) in [5.41, 5.74) is 0.732. The van der Waals surface area contributed by atoms with E-state index in [0.717, 1.165) is 26.2 Å². The number of imidazole rings is 1. The largest absolute Gasteiger partial charge is 0.367 e. The van der Waals surface area contributed by atoms with Gasteiger partial charge in [0.25, 0.3) is 5.56 Å². The van der Waals surface area contributed by atoms with Crippen LogP contribution in [0.1, 0.15) is 6.92 Å². The molecule has 0 bridgehead atoms. The molecule has 0 atom stereocenters. The summed E-state index contributed by atoms with van der Waals surface area (Å²) in [5, 5.41) is 0. The van der Waals surface area contributed by atoms with Gasteiger partial charge < -0.3 is 14.4 Å². The number of nitrogens with zero attached hydrogens (tertiary/aromatic N) is 4. The fourth-order valence-corrected chi connectivity index (χ4v) is 3.62. The van der Waals surface area contributed by atoms with E-state index in [9.17, 15) is 9.59 Å². The molecule has 1 saturated heterocycles. The first-order valence-corrected chi connectivity index (χ1v) is 8.41. The first-order valence-electron chi connectivity index (χ1n) is 8.41. The second-order valence-corrected chi connectivity index (χ2v) is 6.43. The Bertz CT molecular complexity index is 1070. The summed E-state index contributed by atoms with van der Waals surface area (Å²) >= 11 is 0. The fourth-order valence-electron chi connectivity index (χ4n) is 3.62. The van der Waals surface area contributed by atoms with Gasteiger partial charge in [0.1, 0.15) is 11.2 Å². The lowest BCUT2D eigenvalue weighted by molar-refractivity contribution is 0.312. The van der Waals surface area contributed by atoms with Gasteiger partial charge in [-0.15, -0.1) is 0 Å². The molecule has 8 heteroatoms. The zero-order valence-electron chi connectivity index (χ0n) is 14.3. The number of benzene rings is 1. The molecule has 0 unspecified atom stereocenters. The van der Waals surface area contributed by atoms with Crippen molar-refractivity contribution in [2.24, 2.45) is 0 Å². The molecule has 132 valence electrons. The van der Waals surface area contributed by atoms with Crippen molar-refractivity contribution in [3.63, 3.8) is 0 Å². The van der Waals surface area contributed by atoms with Crippen LogP contribution in [0.15, 0.2) is 27.8 Å². The van der Waals surface area contributed by atoms with Gasteiger partial charge in [-0.25, -0.2) is 13.6 Å². The number of fused-ring (bicyclic) bond motifs is 3. The van der Waals surface area contributed by atoms with E-state index in [1.807, 2.05) is 11.8 Å². The molecule has 0 radical (unpaired) electrons. The number of anilines is 1. The predicted octanol–water partition coefficient (Wildman–Crippen LogP) is 0.853. The van der Waals surface area contributed by atoms with Gasteiger partial charge in [0, 0.05) is 38.8 Å². The fraction of sp³-hybridized carbons (Fsp3) is 0.412. The molecule has 3 heterocycles. The van der Waals surface area contributed by atoms with Crippen LogP contribution in [0.2, 0.25) is 0 Å². The highest BCUT2D eigenvalue weighted by molar-refractivity contribution is 5.86. The number of rotatable bonds is 2. The van der Waals surface area contributed by atoms with Crippen molar-refractivity contribution in [1.82, 2.24) is 18.9 Å². The number of hydrogen-bond donors (Lipinski definition) is 1. The number of nitrogens with one attached hydrogen (secondary N) is 1. The highest BCUT2D eigenvalue weighted by Crippen LogP contribution is 2.30. The lowest BCUT2D eigenvalue weighted by atomic mass is 10.2. The van der Waals surface area contributed by atoms with Crippen molar-refractivity contribution >= 4 is 22.4 Å². The van der Waals surface area contributed by atoms with Crippen LogP contribution in [0.25, 0.3) is 16.7 Å². The Balaban J connectivity index is 2.01. The molecule has 3 aromatic rings. The molecule has 0 amide bonds. The Hall–Kier alpha value is -2.61. The van der Waals surface area contributed by atoms with Gasteiger partial charge in [0.15, 0.2) is 5.82 Å². The third kappa shape index (κ3) is 2.36. The lowest BCUT2D eigenvalue weighted by Gasteiger charge is -2.34. The van der Waals surface area contributed by atoms with Crippen LogP contribution in [0.5, 0.6) is 0 Å². The maximum absolute atomic E-state index is 15.4. The number of H-pyrrole nitrogens is 1. The van der Waals surface area contributed by atoms with Gasteiger partial charge in [0.2, 0.25) is 0 Å². The summed E-state index contributed by atoms with van der Waals surface area (Å²) in [4.78, 5) is 30.4. The Morgan fingerprint density at radius 2 is 1.88 bits per heavy atom. The average molecular weight is 345 g/mol. The van der Waals surface area contributed by atoms with E-state index in [4.69, 9.17) is 0 Å². The Morgan fingerprint density at radius 1 is 1.16 bits per heavy atom. The van der Waals surface area contributed by atoms with E-state index in [0.29, 0.717) is 28.9 Å². The quantitative estimate of drug-likeness (QED) is 0.748. The molecule has 25 heavy (non-hydrogen) atoms. The standard InChI is InChI=1S/C17H20FN5O2/c1-3-22-14-10-13(24)19-17(25)23(14)12-5-4-11(15(18)16(12)22)21-8-6-20(2)7-9-21/h4-5,10H,3,6-9H2,1-2H3,(H,19,24,25). The molecule has 7 nitrogen and oxygen atoms in total. The molecule has 4 rings (SSSR count). The van der Waals surface area contributed by atoms with Gasteiger partial charge in [0.05, 0.1) is 11.2 Å². The van der Waals surface area contributed by atoms with Crippen LogP contribution in [-0.4, -0.2) is 52.1 Å². The molecule has 1 aliphatic heterocycles. The minimum absolute atomic E-state index is 0.348. The van der Waals surface area contributed by atoms with E-state index in [1.54, 1.807) is 16.7 Å². The maximum Gasteiger partial charge on any atom is 0.334 e. The van der Waals surface area contributed by atoms with Gasteiger partial charge in [-0.2, -0.15) is 0 Å². The van der Waals surface area contributed by atoms with Gasteiger partial charge in [-0.05, 0) is 26.1 Å². The summed E-state index contributed by atoms with van der Waals surface area (Å²) < 4.78 is 18.4. The molecule has 0 spiro atoms. The van der Waals surface area contributed by atoms with Crippen molar-refractivity contribution in [2.45, 2.75) is 13.5 Å². The van der Waals surface area contributed by atoms with E-state index in [2.05, 4.69) is 16.9 Å². The number of aryl methyl sites for hydroxylation is 1. The van der Waals surface area contributed by atoms with Gasteiger partial charge >= 0.3 is 5.69 Å². The summed E-state index contributed by atoms with van der Waals surface area (Å²) in [6.07, 6.45) is 0. The molecule has 1 N–H and O–H groups in total. The molecular weight excluding hydrogens is 325 g/mol. The third-order valence-corrected chi connectivity index (χ3v) is 4.94. The third-order valence-electron chi connectivity index (χ3n) is 4.94. The summed E-state index contributed by atoms with van der Waals surface area (Å²) in [6.45, 7) is 5.59. The lowest BCUT2D eigenvalue weighted by Crippen LogP contribution is -2.44. The SMILES string of the molecule is CCn1c2c(F)c(N3CCN(C)CC3)ccc2n2c(=O)[nH]c(=O)cc12. The molecule has 0 saturated carbocycles. The highest BCUT2D eigenvalue weighted by atomic mass is 19.1. The molecule has 1 aromatic carbocycles. The van der Waals surface area contributed by atoms with Crippen LogP contribution in [0.3, 0.4) is 0 Å². The summed E-state index contributed by atoms with van der Waals surface area (Å²) in [6, 6.07) is 4.81. The Kier molecular flexibility index (Phi) is 3.64. The van der Waals surface area contributed by atoms with Crippen molar-refractivity contribution in [1.29, 1.82) is 0 Å². The number of piperazine rings is 1. The first kappa shape index (κ1) is 15.9. The van der Waals surface area contributed by atoms with Crippen LogP contribution in [-0.2, 0) is 6.54 Å². The minimum atomic E-state index is -0.550. The second kappa shape index (κ2) is 5.73. The Labute approximate surface area is 142 Å². The maximum atomic E-state index is 15.4. The topological polar surface area (TPSA) is 65.8 Å². The Morgan fingerprint density at radius 3 is 2.56 bits per heavy atom. The minimum Gasteiger partial charge on any atom is -0.367 e. The summed E-state index contributed by atoms with van der Waals surface area (Å²) in [5.74, 6) is -0.348. The molecule has 1 aliphatic rings. The van der Waals surface area contributed by atoms with Crippen LogP contribution >= 0.6 is 0 Å². The second-order valence-electron chi connectivity index (χ2n) is 6.43. The zero-order chi connectivity index (χ0) is 17.7. The van der Waals surface area contributed by atoms with E-state index in [1.165, 1.54) is 10.5 Å². The molecular formula is C17H20FN5O2. The summed E-state index contributed by atoms with van der Waals surface area (Å²) in [7, 11) is 2.05. The average Bonchev–Trinajstić information content (AvgIpc) is 2.90. The molecule has 0 aliphatic carbocycles. The molecule has 1 fully saturated rings. The zero-order valence-corrected chi connectivity index (χ0v) is 14.3. The first-order chi connectivity index (χ1) is 12.0. The van der Waals surface area contributed by atoms with E-state index in [-0.39, 0.29) is 5.82 Å². The highest BCUT2D eigenvalue weighted by Gasteiger charge is 2.22. The van der Waals surface area contributed by atoms with Crippen LogP contribution in [0.4, 0.5) is 10.1 Å². The monoisotopic (exact) mass is 345 g/mol. The van der Waals surface area contributed by atoms with Crippen molar-refractivity contribution in [3.8, 4) is 0 Å².